The van der Waals surface area contributed by atoms with Gasteiger partial charge in [-0.2, -0.15) is 4.98 Å². The van der Waals surface area contributed by atoms with Crippen LogP contribution in [0.15, 0.2) is 18.3 Å². The number of imidazole rings is 1. The largest absolute Gasteiger partial charge is 0.378 e. The molecule has 0 unspecified atom stereocenters. The van der Waals surface area contributed by atoms with E-state index in [1.807, 2.05) is 0 Å². The lowest BCUT2D eigenvalue weighted by Gasteiger charge is -2.26. The van der Waals surface area contributed by atoms with Crippen molar-refractivity contribution in [3.63, 3.8) is 0 Å². The van der Waals surface area contributed by atoms with Crippen molar-refractivity contribution in [1.82, 2.24) is 19.5 Å². The highest BCUT2D eigenvalue weighted by Gasteiger charge is 2.26. The summed E-state index contributed by atoms with van der Waals surface area (Å²) in [5, 5.41) is 6.17. The average molecular weight is 429 g/mol. The first kappa shape index (κ1) is 19.1. The fourth-order valence-corrected chi connectivity index (χ4v) is 3.48. The van der Waals surface area contributed by atoms with Crippen LogP contribution in [0.2, 0.25) is 10.0 Å². The number of nitrogens with zero attached hydrogens (tertiary/aromatic N) is 4. The molecule has 2 atom stereocenters. The van der Waals surface area contributed by atoms with Gasteiger partial charge in [-0.15, -0.1) is 0 Å². The Morgan fingerprint density at radius 1 is 1.29 bits per heavy atom. The predicted molar refractivity (Wildman–Crippen MR) is 104 cm³/mol. The molecule has 2 aromatic heterocycles. The molecule has 1 aromatic carbocycles. The van der Waals surface area contributed by atoms with E-state index in [9.17, 15) is 8.78 Å². The molecular weight excluding hydrogens is 413 g/mol. The Kier molecular flexibility index (Phi) is 5.22. The Bertz CT molecular complexity index is 1010. The number of benzene rings is 1. The first-order valence-corrected chi connectivity index (χ1v) is 9.27. The van der Waals surface area contributed by atoms with E-state index in [0.29, 0.717) is 30.1 Å². The van der Waals surface area contributed by atoms with Gasteiger partial charge in [0.2, 0.25) is 11.9 Å². The third-order valence-corrected chi connectivity index (χ3v) is 4.97. The normalized spacial score (nSPS) is 19.8. The lowest BCUT2D eigenvalue weighted by Crippen LogP contribution is -2.39. The van der Waals surface area contributed by atoms with Crippen molar-refractivity contribution in [2.75, 3.05) is 23.8 Å². The number of fused-ring (bicyclic) bond motifs is 1. The molecular formula is C17H16Cl2F2N6O. The van der Waals surface area contributed by atoms with Crippen LogP contribution < -0.4 is 10.6 Å². The summed E-state index contributed by atoms with van der Waals surface area (Å²) in [7, 11) is 1.71. The number of rotatable bonds is 4. The molecule has 0 aliphatic carbocycles. The van der Waals surface area contributed by atoms with Gasteiger partial charge in [-0.25, -0.2) is 18.7 Å². The van der Waals surface area contributed by atoms with Crippen molar-refractivity contribution in [2.45, 2.75) is 18.6 Å². The standard InChI is InChI=1S/C17H16Cl2F2N6O/c1-27-15-13(6-22-16(26-15)23-12-2-3-28-7-11(12)21)24-17(27)25-14-9(19)4-8(18)5-10(14)20/h4-6,11-12H,2-3,7H2,1H3,(H,24,25)(H,22,23,26)/t11-,12+/m1/s1. The van der Waals surface area contributed by atoms with Crippen LogP contribution in [0.1, 0.15) is 6.42 Å². The summed E-state index contributed by atoms with van der Waals surface area (Å²) in [6.07, 6.45) is 0.906. The van der Waals surface area contributed by atoms with Gasteiger partial charge in [0, 0.05) is 18.7 Å². The molecule has 11 heteroatoms. The van der Waals surface area contributed by atoms with Crippen LogP contribution in [-0.2, 0) is 11.8 Å². The quantitative estimate of drug-likeness (QED) is 0.651. The molecule has 0 radical (unpaired) electrons. The van der Waals surface area contributed by atoms with Gasteiger partial charge < -0.3 is 15.4 Å². The Morgan fingerprint density at radius 3 is 2.86 bits per heavy atom. The summed E-state index contributed by atoms with van der Waals surface area (Å²) >= 11 is 11.9. The van der Waals surface area contributed by atoms with Crippen molar-refractivity contribution >= 4 is 51.9 Å². The minimum Gasteiger partial charge on any atom is -0.378 e. The fraction of sp³-hybridized carbons (Fsp3) is 0.353. The monoisotopic (exact) mass is 428 g/mol. The predicted octanol–water partition coefficient (Wildman–Crippen LogP) is 4.09. The molecule has 4 rings (SSSR count). The maximum atomic E-state index is 14.2. The topological polar surface area (TPSA) is 76.9 Å². The number of aryl methyl sites for hydroxylation is 1. The van der Waals surface area contributed by atoms with E-state index in [0.717, 1.165) is 6.07 Å². The average Bonchev–Trinajstić information content (AvgIpc) is 2.96. The number of nitrogens with one attached hydrogen (secondary N) is 2. The summed E-state index contributed by atoms with van der Waals surface area (Å²) < 4.78 is 34.9. The molecule has 3 heterocycles. The molecule has 1 saturated heterocycles. The first-order valence-electron chi connectivity index (χ1n) is 8.52. The minimum absolute atomic E-state index is 0.0487. The van der Waals surface area contributed by atoms with Crippen molar-refractivity contribution in [3.05, 3.63) is 34.2 Å². The molecule has 1 aliphatic rings. The number of hydrogen-bond donors (Lipinski definition) is 2. The summed E-state index contributed by atoms with van der Waals surface area (Å²) in [4.78, 5) is 13.0. The molecule has 1 fully saturated rings. The second-order valence-electron chi connectivity index (χ2n) is 6.40. The molecule has 0 bridgehead atoms. The Balaban J connectivity index is 1.62. The van der Waals surface area contributed by atoms with Gasteiger partial charge in [-0.1, -0.05) is 23.2 Å². The molecule has 7 nitrogen and oxygen atoms in total. The molecule has 2 N–H and O–H groups in total. The number of hydrogen-bond acceptors (Lipinski definition) is 6. The van der Waals surface area contributed by atoms with E-state index in [2.05, 4.69) is 25.6 Å². The highest BCUT2D eigenvalue weighted by atomic mass is 35.5. The van der Waals surface area contributed by atoms with Crippen molar-refractivity contribution in [1.29, 1.82) is 0 Å². The third kappa shape index (κ3) is 3.69. The summed E-state index contributed by atoms with van der Waals surface area (Å²) in [6.45, 7) is 0.528. The lowest BCUT2D eigenvalue weighted by atomic mass is 10.1. The maximum absolute atomic E-state index is 14.2. The number of anilines is 3. The molecule has 3 aromatic rings. The van der Waals surface area contributed by atoms with E-state index in [1.165, 1.54) is 12.3 Å². The number of alkyl halides is 1. The zero-order valence-electron chi connectivity index (χ0n) is 14.7. The van der Waals surface area contributed by atoms with Crippen molar-refractivity contribution in [3.8, 4) is 0 Å². The van der Waals surface area contributed by atoms with Gasteiger partial charge in [-0.3, -0.25) is 4.57 Å². The summed E-state index contributed by atoms with van der Waals surface area (Å²) in [5.41, 5.74) is 1.04. The van der Waals surface area contributed by atoms with Crippen LogP contribution in [0.5, 0.6) is 0 Å². The van der Waals surface area contributed by atoms with Crippen LogP contribution in [-0.4, -0.2) is 44.9 Å². The second kappa shape index (κ2) is 7.65. The van der Waals surface area contributed by atoms with Gasteiger partial charge in [0.15, 0.2) is 5.65 Å². The number of aromatic nitrogens is 4. The van der Waals surface area contributed by atoms with Gasteiger partial charge in [0.05, 0.1) is 29.6 Å². The zero-order chi connectivity index (χ0) is 19.8. The molecule has 1 aliphatic heterocycles. The van der Waals surface area contributed by atoms with E-state index >= 15 is 0 Å². The van der Waals surface area contributed by atoms with Crippen molar-refractivity contribution < 1.29 is 13.5 Å². The van der Waals surface area contributed by atoms with Crippen LogP contribution >= 0.6 is 23.2 Å². The van der Waals surface area contributed by atoms with Crippen molar-refractivity contribution in [2.24, 2.45) is 7.05 Å². The highest BCUT2D eigenvalue weighted by Crippen LogP contribution is 2.32. The fourth-order valence-electron chi connectivity index (χ4n) is 2.97. The Labute approximate surface area is 169 Å². The lowest BCUT2D eigenvalue weighted by molar-refractivity contribution is 0.0284. The number of halogens is 4. The zero-order valence-corrected chi connectivity index (χ0v) is 16.2. The second-order valence-corrected chi connectivity index (χ2v) is 7.24. The van der Waals surface area contributed by atoms with E-state index < -0.39 is 18.0 Å². The third-order valence-electron chi connectivity index (χ3n) is 4.46. The van der Waals surface area contributed by atoms with Gasteiger partial charge in [0.1, 0.15) is 17.5 Å². The Hall–Kier alpha value is -2.23. The smallest absolute Gasteiger partial charge is 0.225 e. The van der Waals surface area contributed by atoms with Gasteiger partial charge in [0.25, 0.3) is 0 Å². The van der Waals surface area contributed by atoms with Crippen LogP contribution in [0.3, 0.4) is 0 Å². The van der Waals surface area contributed by atoms with Gasteiger partial charge in [-0.05, 0) is 18.6 Å². The molecule has 0 saturated carbocycles. The maximum Gasteiger partial charge on any atom is 0.225 e. The van der Waals surface area contributed by atoms with Crippen LogP contribution in [0.25, 0.3) is 11.2 Å². The SMILES string of the molecule is Cn1c(Nc2c(F)cc(Cl)cc2Cl)nc2cnc(N[C@H]3CCOC[C@H]3F)nc21. The molecule has 0 spiro atoms. The summed E-state index contributed by atoms with van der Waals surface area (Å²) in [5.74, 6) is -0.00202. The first-order chi connectivity index (χ1) is 13.4. The van der Waals surface area contributed by atoms with Gasteiger partial charge >= 0.3 is 0 Å². The van der Waals surface area contributed by atoms with Crippen LogP contribution in [0, 0.1) is 5.82 Å². The van der Waals surface area contributed by atoms with E-state index in [-0.39, 0.29) is 28.3 Å². The summed E-state index contributed by atoms with van der Waals surface area (Å²) in [6, 6.07) is 2.17. The molecule has 0 amide bonds. The van der Waals surface area contributed by atoms with E-state index in [4.69, 9.17) is 27.9 Å². The number of ether oxygens (including phenoxy) is 1. The van der Waals surface area contributed by atoms with E-state index in [1.54, 1.807) is 11.6 Å². The molecule has 28 heavy (non-hydrogen) atoms. The minimum atomic E-state index is -1.13. The Morgan fingerprint density at radius 2 is 2.11 bits per heavy atom. The van der Waals surface area contributed by atoms with Crippen LogP contribution in [0.4, 0.5) is 26.4 Å². The highest BCUT2D eigenvalue weighted by molar-refractivity contribution is 6.36. The molecule has 148 valence electrons.